The first kappa shape index (κ1) is 15.6. The van der Waals surface area contributed by atoms with Crippen LogP contribution in [0.5, 0.6) is 0 Å². The van der Waals surface area contributed by atoms with Crippen molar-refractivity contribution in [2.24, 2.45) is 5.92 Å². The van der Waals surface area contributed by atoms with Gasteiger partial charge >= 0.3 is 0 Å². The van der Waals surface area contributed by atoms with Gasteiger partial charge in [0.1, 0.15) is 15.9 Å². The number of aromatic nitrogens is 3. The molecule has 24 heavy (non-hydrogen) atoms. The Hall–Kier alpha value is -1.90. The van der Waals surface area contributed by atoms with Crippen molar-refractivity contribution < 1.29 is 4.79 Å². The van der Waals surface area contributed by atoms with Crippen molar-refractivity contribution in [3.8, 4) is 0 Å². The van der Waals surface area contributed by atoms with E-state index in [0.717, 1.165) is 46.9 Å². The van der Waals surface area contributed by atoms with Crippen LogP contribution in [-0.4, -0.2) is 32.7 Å². The highest BCUT2D eigenvalue weighted by Crippen LogP contribution is 2.24. The molecule has 124 valence electrons. The van der Waals surface area contributed by atoms with Crippen LogP contribution in [0.4, 0.5) is 5.69 Å². The zero-order chi connectivity index (χ0) is 16.5. The Bertz CT molecular complexity index is 882. The second-order valence-electron chi connectivity index (χ2n) is 6.01. The lowest BCUT2D eigenvalue weighted by molar-refractivity contribution is 0.103. The Morgan fingerprint density at radius 3 is 3.08 bits per heavy atom. The van der Waals surface area contributed by atoms with E-state index >= 15 is 0 Å². The molecule has 1 unspecified atom stereocenters. The minimum absolute atomic E-state index is 0.108. The van der Waals surface area contributed by atoms with E-state index in [0.29, 0.717) is 10.8 Å². The van der Waals surface area contributed by atoms with Crippen LogP contribution < -0.4 is 10.6 Å². The second-order valence-corrected chi connectivity index (χ2v) is 7.62. The van der Waals surface area contributed by atoms with Crippen molar-refractivity contribution in [1.82, 2.24) is 19.0 Å². The van der Waals surface area contributed by atoms with E-state index in [2.05, 4.69) is 24.4 Å². The van der Waals surface area contributed by atoms with Crippen molar-refractivity contribution >= 4 is 45.7 Å². The molecule has 2 N–H and O–H groups in total. The van der Waals surface area contributed by atoms with E-state index in [9.17, 15) is 4.79 Å². The molecule has 1 atom stereocenters. The van der Waals surface area contributed by atoms with Gasteiger partial charge < -0.3 is 10.6 Å². The molecule has 1 amide bonds. The van der Waals surface area contributed by atoms with Gasteiger partial charge in [0.05, 0.1) is 22.4 Å². The second kappa shape index (κ2) is 6.54. The summed E-state index contributed by atoms with van der Waals surface area (Å²) in [5.41, 5.74) is 3.18. The van der Waals surface area contributed by atoms with E-state index in [4.69, 9.17) is 0 Å². The van der Waals surface area contributed by atoms with Crippen LogP contribution >= 0.6 is 23.1 Å². The van der Waals surface area contributed by atoms with Crippen LogP contribution in [0, 0.1) is 12.8 Å². The maximum Gasteiger partial charge on any atom is 0.267 e. The van der Waals surface area contributed by atoms with Crippen molar-refractivity contribution in [3.05, 3.63) is 33.8 Å². The highest BCUT2D eigenvalue weighted by molar-refractivity contribution is 7.13. The number of hydrogen-bond acceptors (Lipinski definition) is 7. The number of anilines is 1. The number of rotatable bonds is 4. The lowest BCUT2D eigenvalue weighted by Gasteiger charge is -2.04. The minimum atomic E-state index is -0.108. The van der Waals surface area contributed by atoms with Crippen LogP contribution in [0.3, 0.4) is 0 Å². The molecule has 3 aromatic rings. The largest absolute Gasteiger partial charge is 0.321 e. The van der Waals surface area contributed by atoms with Crippen LogP contribution in [0.1, 0.15) is 26.8 Å². The molecule has 6 nitrogen and oxygen atoms in total. The van der Waals surface area contributed by atoms with E-state index in [-0.39, 0.29) is 5.91 Å². The summed E-state index contributed by atoms with van der Waals surface area (Å²) in [6, 6.07) is 5.56. The molecule has 4 rings (SSSR count). The predicted molar refractivity (Wildman–Crippen MR) is 96.9 cm³/mol. The summed E-state index contributed by atoms with van der Waals surface area (Å²) in [7, 11) is 0. The Labute approximate surface area is 147 Å². The average Bonchev–Trinajstić information content (AvgIpc) is 3.28. The molecule has 1 aliphatic heterocycles. The highest BCUT2D eigenvalue weighted by Gasteiger charge is 2.20. The lowest BCUT2D eigenvalue weighted by atomic mass is 10.1. The fourth-order valence-electron chi connectivity index (χ4n) is 2.93. The molecule has 1 aliphatic rings. The number of amides is 1. The maximum absolute atomic E-state index is 12.6. The van der Waals surface area contributed by atoms with Gasteiger partial charge in [-0.1, -0.05) is 0 Å². The first-order chi connectivity index (χ1) is 11.7. The number of carbonyl (C=O) groups is 1. The maximum atomic E-state index is 12.6. The van der Waals surface area contributed by atoms with Gasteiger partial charge in [-0.2, -0.15) is 8.75 Å². The standard InChI is InChI=1S/C16H17N5OS2/c1-9-15(23-14(18-9)6-10-4-5-17-8-10)16(22)19-11-2-3-12-13(7-11)21-24-20-12/h2-3,7,10,17H,4-6,8H2,1H3,(H,19,22). The molecule has 1 saturated heterocycles. The molecule has 0 spiro atoms. The van der Waals surface area contributed by atoms with Crippen LogP contribution in [0.2, 0.25) is 0 Å². The number of nitrogens with zero attached hydrogens (tertiary/aromatic N) is 3. The minimum Gasteiger partial charge on any atom is -0.321 e. The molecular formula is C16H17N5OS2. The van der Waals surface area contributed by atoms with Crippen LogP contribution in [0.25, 0.3) is 11.0 Å². The molecule has 8 heteroatoms. The molecule has 0 saturated carbocycles. The summed E-state index contributed by atoms with van der Waals surface area (Å²) in [5, 5.41) is 7.36. The summed E-state index contributed by atoms with van der Waals surface area (Å²) in [6.45, 7) is 4.02. The Morgan fingerprint density at radius 2 is 2.25 bits per heavy atom. The topological polar surface area (TPSA) is 79.8 Å². The molecule has 0 aliphatic carbocycles. The van der Waals surface area contributed by atoms with Crippen molar-refractivity contribution in [3.63, 3.8) is 0 Å². The molecule has 0 radical (unpaired) electrons. The third-order valence-corrected chi connectivity index (χ3v) is 5.92. The summed E-state index contributed by atoms with van der Waals surface area (Å²) in [6.07, 6.45) is 2.13. The zero-order valence-electron chi connectivity index (χ0n) is 13.2. The first-order valence-electron chi connectivity index (χ1n) is 7.90. The molecule has 1 aromatic carbocycles. The van der Waals surface area contributed by atoms with E-state index < -0.39 is 0 Å². The fourth-order valence-corrected chi connectivity index (χ4v) is 4.53. The third kappa shape index (κ3) is 3.17. The summed E-state index contributed by atoms with van der Waals surface area (Å²) in [4.78, 5) is 17.8. The lowest BCUT2D eigenvalue weighted by Crippen LogP contribution is -2.11. The average molecular weight is 359 g/mol. The number of fused-ring (bicyclic) bond motifs is 1. The Kier molecular flexibility index (Phi) is 4.26. The van der Waals surface area contributed by atoms with Gasteiger partial charge in [0.15, 0.2) is 0 Å². The number of nitrogens with one attached hydrogen (secondary N) is 2. The highest BCUT2D eigenvalue weighted by atomic mass is 32.1. The fraction of sp³-hybridized carbons (Fsp3) is 0.375. The van der Waals surface area contributed by atoms with Gasteiger partial charge in [-0.15, -0.1) is 11.3 Å². The molecule has 3 heterocycles. The number of benzene rings is 1. The Balaban J connectivity index is 1.49. The summed E-state index contributed by atoms with van der Waals surface area (Å²) in [5.74, 6) is 0.523. The van der Waals surface area contributed by atoms with Gasteiger partial charge in [0.25, 0.3) is 5.91 Å². The van der Waals surface area contributed by atoms with Crippen molar-refractivity contribution in [2.75, 3.05) is 18.4 Å². The monoisotopic (exact) mass is 359 g/mol. The van der Waals surface area contributed by atoms with Crippen molar-refractivity contribution in [1.29, 1.82) is 0 Å². The quantitative estimate of drug-likeness (QED) is 0.749. The molecule has 1 fully saturated rings. The van der Waals surface area contributed by atoms with Gasteiger partial charge in [0, 0.05) is 12.1 Å². The van der Waals surface area contributed by atoms with Gasteiger partial charge in [-0.3, -0.25) is 4.79 Å². The van der Waals surface area contributed by atoms with E-state index in [1.807, 2.05) is 25.1 Å². The summed E-state index contributed by atoms with van der Waals surface area (Å²) < 4.78 is 8.37. The van der Waals surface area contributed by atoms with Gasteiger partial charge in [-0.25, -0.2) is 4.98 Å². The van der Waals surface area contributed by atoms with Crippen molar-refractivity contribution in [2.45, 2.75) is 19.8 Å². The summed E-state index contributed by atoms with van der Waals surface area (Å²) >= 11 is 2.67. The van der Waals surface area contributed by atoms with Crippen LogP contribution in [-0.2, 0) is 6.42 Å². The first-order valence-corrected chi connectivity index (χ1v) is 9.44. The molecule has 0 bridgehead atoms. The molecule has 2 aromatic heterocycles. The van der Waals surface area contributed by atoms with Crippen LogP contribution in [0.15, 0.2) is 18.2 Å². The Morgan fingerprint density at radius 1 is 1.38 bits per heavy atom. The third-order valence-electron chi connectivity index (χ3n) is 4.18. The predicted octanol–water partition coefficient (Wildman–Crippen LogP) is 2.86. The normalized spacial score (nSPS) is 17.5. The number of carbonyl (C=O) groups excluding carboxylic acids is 1. The smallest absolute Gasteiger partial charge is 0.267 e. The number of thiazole rings is 1. The number of hydrogen-bond donors (Lipinski definition) is 2. The molecular weight excluding hydrogens is 342 g/mol. The van der Waals surface area contributed by atoms with Gasteiger partial charge in [-0.05, 0) is 50.6 Å². The zero-order valence-corrected chi connectivity index (χ0v) is 14.8. The van der Waals surface area contributed by atoms with E-state index in [1.165, 1.54) is 29.5 Å². The SMILES string of the molecule is Cc1nc(CC2CCNC2)sc1C(=O)Nc1ccc2nsnc2c1. The number of aryl methyl sites for hydroxylation is 1. The van der Waals surface area contributed by atoms with Gasteiger partial charge in [0.2, 0.25) is 0 Å². The van der Waals surface area contributed by atoms with E-state index in [1.54, 1.807) is 0 Å².